The van der Waals surface area contributed by atoms with E-state index in [1.807, 2.05) is 19.1 Å². The first-order valence-electron chi connectivity index (χ1n) is 21.0. The average Bonchev–Trinajstić information content (AvgIpc) is 3.32. The summed E-state index contributed by atoms with van der Waals surface area (Å²) in [4.78, 5) is 26.5. The van der Waals surface area contributed by atoms with Crippen LogP contribution in [0.5, 0.6) is 40.2 Å². The van der Waals surface area contributed by atoms with Gasteiger partial charge in [-0.1, -0.05) is 42.0 Å². The molecule has 0 heterocycles. The maximum Gasteiger partial charge on any atom is 0.416 e. The van der Waals surface area contributed by atoms with Crippen molar-refractivity contribution >= 4 is 21.7 Å². The van der Waals surface area contributed by atoms with Gasteiger partial charge in [-0.05, 0) is 176 Å². The van der Waals surface area contributed by atoms with Gasteiger partial charge in [0.05, 0.1) is 17.6 Å². The van der Waals surface area contributed by atoms with E-state index in [-0.39, 0.29) is 27.8 Å². The Labute approximate surface area is 390 Å². The molecule has 68 heavy (non-hydrogen) atoms. The maximum absolute atomic E-state index is 14.0. The smallest absolute Gasteiger partial charge is 0.416 e. The normalized spacial score (nSPS) is 11.5. The second-order valence-electron chi connectivity index (χ2n) is 16.0. The Morgan fingerprint density at radius 2 is 0.912 bits per heavy atom. The Hall–Kier alpha value is -8.00. The Morgan fingerprint density at radius 1 is 0.471 bits per heavy atom. The summed E-state index contributed by atoms with van der Waals surface area (Å²) in [5, 5.41) is 0. The fraction of sp³-hybridized carbons (Fsp3) is 0.0909. The number of carbonyl (C=O) groups is 2. The molecule has 13 heteroatoms. The van der Waals surface area contributed by atoms with Crippen LogP contribution < -0.4 is 18.9 Å². The highest BCUT2D eigenvalue weighted by Crippen LogP contribution is 2.42. The number of benzene rings is 8. The van der Waals surface area contributed by atoms with Gasteiger partial charge in [-0.15, -0.1) is 0 Å². The van der Waals surface area contributed by atoms with Crippen molar-refractivity contribution in [2.24, 2.45) is 0 Å². The fourth-order valence-corrected chi connectivity index (χ4v) is 8.20. The Morgan fingerprint density at radius 3 is 1.38 bits per heavy atom. The van der Waals surface area contributed by atoms with E-state index in [9.17, 15) is 35.7 Å². The summed E-state index contributed by atoms with van der Waals surface area (Å²) in [5.74, 6) is 2.20. The Balaban J connectivity index is 0.995. The van der Waals surface area contributed by atoms with Crippen LogP contribution in [0.25, 0.3) is 22.3 Å². The van der Waals surface area contributed by atoms with E-state index < -0.39 is 21.9 Å². The van der Waals surface area contributed by atoms with Crippen LogP contribution in [-0.2, 0) is 16.3 Å². The highest BCUT2D eigenvalue weighted by molar-refractivity contribution is 7.85. The lowest BCUT2D eigenvalue weighted by atomic mass is 9.99. The molecular weight excluding hydrogens is 894 g/mol. The molecule has 0 saturated heterocycles. The highest BCUT2D eigenvalue weighted by Gasteiger charge is 2.31. The number of alkyl halides is 3. The van der Waals surface area contributed by atoms with Crippen LogP contribution >= 0.6 is 0 Å². The molecule has 0 spiro atoms. The van der Waals surface area contributed by atoms with Crippen molar-refractivity contribution in [3.8, 4) is 62.5 Å². The van der Waals surface area contributed by atoms with E-state index in [1.165, 1.54) is 13.2 Å². The van der Waals surface area contributed by atoms with Gasteiger partial charge in [0.1, 0.15) is 40.2 Å². The quantitative estimate of drug-likeness (QED) is 0.0838. The third-order valence-corrected chi connectivity index (χ3v) is 12.0. The number of hydrogen-bond acceptors (Lipinski definition) is 8. The predicted octanol–water partition coefficient (Wildman–Crippen LogP) is 14.1. The first-order valence-corrected chi connectivity index (χ1v) is 22.5. The lowest BCUT2D eigenvalue weighted by Crippen LogP contribution is -2.05. The van der Waals surface area contributed by atoms with E-state index in [0.29, 0.717) is 84.6 Å². The van der Waals surface area contributed by atoms with Crippen molar-refractivity contribution in [1.29, 1.82) is 0 Å². The number of carbonyl (C=O) groups excluding carboxylic acids is 2. The summed E-state index contributed by atoms with van der Waals surface area (Å²) < 4.78 is 99.3. The Bertz CT molecular complexity index is 3290. The molecule has 0 bridgehead atoms. The van der Waals surface area contributed by atoms with E-state index in [4.69, 9.17) is 18.9 Å². The molecule has 8 aromatic rings. The van der Waals surface area contributed by atoms with Crippen LogP contribution in [0.2, 0.25) is 0 Å². The minimum absolute atomic E-state index is 0.165. The number of hydrogen-bond donors (Lipinski definition) is 1. The molecule has 0 aliphatic heterocycles. The fourth-order valence-electron chi connectivity index (χ4n) is 7.50. The van der Waals surface area contributed by atoms with E-state index in [2.05, 4.69) is 0 Å². The molecule has 0 atom stereocenters. The van der Waals surface area contributed by atoms with Gasteiger partial charge in [-0.2, -0.15) is 21.6 Å². The number of ether oxygens (including phenoxy) is 4. The molecule has 1 N–H and O–H groups in total. The molecule has 0 amide bonds. The summed E-state index contributed by atoms with van der Waals surface area (Å²) in [6, 6.07) is 44.9. The zero-order valence-corrected chi connectivity index (χ0v) is 37.7. The van der Waals surface area contributed by atoms with Gasteiger partial charge in [0, 0.05) is 33.4 Å². The number of ketones is 2. The minimum atomic E-state index is -4.60. The molecule has 8 aromatic carbocycles. The van der Waals surface area contributed by atoms with Gasteiger partial charge in [-0.25, -0.2) is 0 Å². The van der Waals surface area contributed by atoms with Crippen LogP contribution in [0.15, 0.2) is 175 Å². The van der Waals surface area contributed by atoms with Crippen molar-refractivity contribution < 1.29 is 54.7 Å². The molecule has 8 rings (SSSR count). The van der Waals surface area contributed by atoms with Gasteiger partial charge in [0.2, 0.25) is 0 Å². The highest BCUT2D eigenvalue weighted by atomic mass is 32.2. The summed E-state index contributed by atoms with van der Waals surface area (Å²) in [5.41, 5.74) is 4.43. The minimum Gasteiger partial charge on any atom is -0.497 e. The molecule has 0 fully saturated rings. The van der Waals surface area contributed by atoms with Crippen LogP contribution in [0.1, 0.15) is 54.1 Å². The van der Waals surface area contributed by atoms with Crippen LogP contribution in [0.3, 0.4) is 0 Å². The molecule has 0 unspecified atom stereocenters. The average molecular weight is 935 g/mol. The summed E-state index contributed by atoms with van der Waals surface area (Å²) in [7, 11) is -2.90. The van der Waals surface area contributed by atoms with Gasteiger partial charge >= 0.3 is 6.18 Å². The number of halogens is 3. The van der Waals surface area contributed by atoms with Gasteiger partial charge in [-0.3, -0.25) is 14.1 Å². The van der Waals surface area contributed by atoms with Crippen molar-refractivity contribution in [3.05, 3.63) is 214 Å². The van der Waals surface area contributed by atoms with Crippen molar-refractivity contribution in [3.63, 3.8) is 0 Å². The van der Waals surface area contributed by atoms with Crippen LogP contribution in [-0.4, -0.2) is 31.6 Å². The topological polar surface area (TPSA) is 125 Å². The lowest BCUT2D eigenvalue weighted by Gasteiger charge is -2.16. The molecule has 0 radical (unpaired) electrons. The van der Waals surface area contributed by atoms with Crippen molar-refractivity contribution in [1.82, 2.24) is 0 Å². The predicted molar refractivity (Wildman–Crippen MR) is 252 cm³/mol. The van der Waals surface area contributed by atoms with Gasteiger partial charge in [0.25, 0.3) is 10.1 Å². The third kappa shape index (κ3) is 10.7. The SMILES string of the molecule is COc1ccc(Oc2ccc(C(=O)c3ccc(Oc4ccc(Oc5ccc(C(=O)c6ccc(C)cc6)cc5)c(-c5cc(C)cc(C(F)(F)F)c5)c4)cc3)cc2)c(-c2ccc(S(=O)(=O)O)c(C)c2)c1. The van der Waals surface area contributed by atoms with E-state index >= 15 is 0 Å². The van der Waals surface area contributed by atoms with Crippen molar-refractivity contribution in [2.75, 3.05) is 7.11 Å². The summed E-state index contributed by atoms with van der Waals surface area (Å²) in [6.45, 7) is 5.09. The van der Waals surface area contributed by atoms with Gasteiger partial charge < -0.3 is 18.9 Å². The summed E-state index contributed by atoms with van der Waals surface area (Å²) in [6.07, 6.45) is -4.60. The maximum atomic E-state index is 14.0. The van der Waals surface area contributed by atoms with Crippen LogP contribution in [0, 0.1) is 20.8 Å². The van der Waals surface area contributed by atoms with E-state index in [1.54, 1.807) is 153 Å². The molecule has 0 saturated carbocycles. The largest absolute Gasteiger partial charge is 0.497 e. The monoisotopic (exact) mass is 934 g/mol. The lowest BCUT2D eigenvalue weighted by molar-refractivity contribution is -0.137. The molecule has 0 aliphatic rings. The number of methoxy groups -OCH3 is 1. The second kappa shape index (κ2) is 19.1. The second-order valence-corrected chi connectivity index (χ2v) is 17.4. The first kappa shape index (κ1) is 46.5. The van der Waals surface area contributed by atoms with E-state index in [0.717, 1.165) is 17.7 Å². The zero-order chi connectivity index (χ0) is 48.3. The number of rotatable bonds is 14. The summed E-state index contributed by atoms with van der Waals surface area (Å²) >= 11 is 0. The zero-order valence-electron chi connectivity index (χ0n) is 36.9. The standard InChI is InChI=1S/C55H41F3O9S/c1-33-5-7-36(8-6-33)53(59)38-11-20-45(21-12-38)67-51-25-23-47(32-49(51)41-27-34(2)28-42(30-41)55(56,57)58)65-43-16-9-37(10-17-43)54(60)39-13-18-44(19-14-39)66-50-24-22-46(64-4)31-48(50)40-15-26-52(35(3)29-40)68(61,62)63/h5-32H,1-4H3,(H,61,62,63). The molecule has 0 aliphatic carbocycles. The number of aryl methyl sites for hydroxylation is 3. The molecular formula is C55H41F3O9S. The third-order valence-electron chi connectivity index (χ3n) is 11.0. The van der Waals surface area contributed by atoms with Crippen LogP contribution in [0.4, 0.5) is 13.2 Å². The molecule has 342 valence electrons. The molecule has 9 nitrogen and oxygen atoms in total. The molecule has 0 aromatic heterocycles. The van der Waals surface area contributed by atoms with Gasteiger partial charge in [0.15, 0.2) is 11.6 Å². The van der Waals surface area contributed by atoms with Crippen molar-refractivity contribution in [2.45, 2.75) is 31.8 Å². The first-order chi connectivity index (χ1) is 32.4. The Kier molecular flexibility index (Phi) is 13.1.